The normalized spacial score (nSPS) is 22.8. The van der Waals surface area contributed by atoms with Gasteiger partial charge in [-0.2, -0.15) is 0 Å². The number of amides is 1. The van der Waals surface area contributed by atoms with Gasteiger partial charge >= 0.3 is 0 Å². The van der Waals surface area contributed by atoms with Crippen LogP contribution in [0.4, 0.5) is 5.69 Å². The van der Waals surface area contributed by atoms with Crippen molar-refractivity contribution in [2.75, 3.05) is 38.5 Å². The Bertz CT molecular complexity index is 539. The molecule has 0 radical (unpaired) electrons. The van der Waals surface area contributed by atoms with Crippen molar-refractivity contribution in [3.63, 3.8) is 0 Å². The Morgan fingerprint density at radius 1 is 1.23 bits per heavy atom. The fourth-order valence-electron chi connectivity index (χ4n) is 2.84. The number of hydrogen-bond donors (Lipinski definition) is 3. The molecule has 1 amide bonds. The van der Waals surface area contributed by atoms with E-state index in [4.69, 9.17) is 0 Å². The molecule has 22 heavy (non-hydrogen) atoms. The Labute approximate surface area is 130 Å². The average Bonchev–Trinajstić information content (AvgIpc) is 2.48. The number of nitrogens with one attached hydrogen (secondary N) is 3. The number of carbonyl (C=O) groups is 2. The molecule has 0 aliphatic carbocycles. The zero-order chi connectivity index (χ0) is 16.1. The summed E-state index contributed by atoms with van der Waals surface area (Å²) in [6, 6.07) is 6.67. The highest BCUT2D eigenvalue weighted by Crippen LogP contribution is 2.13. The molecule has 1 aliphatic heterocycles. The lowest BCUT2D eigenvalue weighted by molar-refractivity contribution is -1.01. The Morgan fingerprint density at radius 3 is 2.45 bits per heavy atom. The van der Waals surface area contributed by atoms with Gasteiger partial charge < -0.3 is 25.0 Å². The third-order valence-corrected chi connectivity index (χ3v) is 4.33. The molecule has 6 nitrogen and oxygen atoms in total. The number of carboxylic acid groups (broad SMARTS) is 1. The van der Waals surface area contributed by atoms with Crippen LogP contribution in [-0.4, -0.2) is 51.1 Å². The van der Waals surface area contributed by atoms with Gasteiger partial charge in [0.1, 0.15) is 32.2 Å². The van der Waals surface area contributed by atoms with Crippen LogP contribution in [0, 0.1) is 6.92 Å². The average molecular weight is 306 g/mol. The number of aryl methyl sites for hydroxylation is 1. The Kier molecular flexibility index (Phi) is 5.51. The predicted octanol–water partition coefficient (Wildman–Crippen LogP) is -3.14. The zero-order valence-corrected chi connectivity index (χ0v) is 13.1. The van der Waals surface area contributed by atoms with Gasteiger partial charge in [-0.1, -0.05) is 18.2 Å². The van der Waals surface area contributed by atoms with Crippen LogP contribution < -0.4 is 20.2 Å². The summed E-state index contributed by atoms with van der Waals surface area (Å²) in [7, 11) is 2.09. The molecule has 6 heteroatoms. The molecular formula is C16H24N3O3+. The first kappa shape index (κ1) is 16.5. The minimum absolute atomic E-state index is 0.0505. The van der Waals surface area contributed by atoms with Gasteiger partial charge in [-0.25, -0.2) is 0 Å². The van der Waals surface area contributed by atoms with E-state index in [1.165, 1.54) is 4.90 Å². The number of aliphatic carboxylic acids is 1. The van der Waals surface area contributed by atoms with Crippen LogP contribution >= 0.6 is 0 Å². The van der Waals surface area contributed by atoms with E-state index in [2.05, 4.69) is 12.4 Å². The number of rotatable bonds is 5. The molecule has 1 fully saturated rings. The summed E-state index contributed by atoms with van der Waals surface area (Å²) in [5, 5.41) is 14.2. The largest absolute Gasteiger partial charge is 0.544 e. The number of carboxylic acids is 1. The van der Waals surface area contributed by atoms with Gasteiger partial charge in [-0.15, -0.1) is 0 Å². The number of likely N-dealkylation sites (N-methyl/N-ethyl adjacent to an activating group) is 1. The predicted molar refractivity (Wildman–Crippen MR) is 80.5 cm³/mol. The first-order valence-electron chi connectivity index (χ1n) is 7.69. The molecule has 3 N–H and O–H groups in total. The van der Waals surface area contributed by atoms with Crippen molar-refractivity contribution in [2.45, 2.75) is 19.4 Å². The highest BCUT2D eigenvalue weighted by atomic mass is 16.4. The second kappa shape index (κ2) is 7.38. The van der Waals surface area contributed by atoms with Gasteiger partial charge in [0, 0.05) is 5.69 Å². The van der Waals surface area contributed by atoms with E-state index >= 15 is 0 Å². The summed E-state index contributed by atoms with van der Waals surface area (Å²) in [6.45, 7) is 5.24. The van der Waals surface area contributed by atoms with Crippen molar-refractivity contribution in [1.82, 2.24) is 0 Å². The minimum Gasteiger partial charge on any atom is -0.544 e. The first-order valence-corrected chi connectivity index (χ1v) is 7.69. The lowest BCUT2D eigenvalue weighted by Crippen LogP contribution is -3.29. The minimum atomic E-state index is -1.14. The Balaban J connectivity index is 1.97. The van der Waals surface area contributed by atoms with Crippen molar-refractivity contribution < 1.29 is 24.5 Å². The third-order valence-electron chi connectivity index (χ3n) is 4.33. The fourth-order valence-corrected chi connectivity index (χ4v) is 2.84. The summed E-state index contributed by atoms with van der Waals surface area (Å²) in [5.41, 5.74) is 1.68. The molecule has 0 aromatic heterocycles. The monoisotopic (exact) mass is 306 g/mol. The first-order chi connectivity index (χ1) is 10.5. The molecule has 1 heterocycles. The van der Waals surface area contributed by atoms with Gasteiger partial charge in [0.05, 0.1) is 19.4 Å². The maximum atomic E-state index is 12.2. The second-order valence-electron chi connectivity index (χ2n) is 6.05. The Morgan fingerprint density at radius 2 is 1.86 bits per heavy atom. The van der Waals surface area contributed by atoms with Crippen LogP contribution in [0.1, 0.15) is 12.0 Å². The molecule has 0 saturated carbocycles. The SMILES string of the molecule is Cc1ccccc1NC(=O)C[C@@H](C(=O)[O-])[NH+]1CC[NH+](C)CC1. The molecule has 0 spiro atoms. The van der Waals surface area contributed by atoms with Gasteiger partial charge in [-0.05, 0) is 18.6 Å². The van der Waals surface area contributed by atoms with Crippen molar-refractivity contribution in [1.29, 1.82) is 0 Å². The molecule has 1 aromatic carbocycles. The van der Waals surface area contributed by atoms with Gasteiger partial charge in [0.2, 0.25) is 5.91 Å². The molecule has 0 unspecified atom stereocenters. The second-order valence-corrected chi connectivity index (χ2v) is 6.05. The van der Waals surface area contributed by atoms with Crippen LogP contribution in [0.3, 0.4) is 0 Å². The topological polar surface area (TPSA) is 78.1 Å². The number of quaternary nitrogens is 2. The number of benzene rings is 1. The molecule has 1 atom stereocenters. The quantitative estimate of drug-likeness (QED) is 0.538. The van der Waals surface area contributed by atoms with Gasteiger partial charge in [0.25, 0.3) is 0 Å². The zero-order valence-electron chi connectivity index (χ0n) is 13.1. The van der Waals surface area contributed by atoms with E-state index in [0.29, 0.717) is 0 Å². The number of anilines is 1. The molecule has 1 saturated heterocycles. The van der Waals surface area contributed by atoms with E-state index < -0.39 is 12.0 Å². The summed E-state index contributed by atoms with van der Waals surface area (Å²) >= 11 is 0. The maximum Gasteiger partial charge on any atom is 0.230 e. The summed E-state index contributed by atoms with van der Waals surface area (Å²) in [4.78, 5) is 25.9. The van der Waals surface area contributed by atoms with Crippen LogP contribution in [0.2, 0.25) is 0 Å². The standard InChI is InChI=1S/C16H23N3O3/c1-12-5-3-4-6-13(12)17-15(20)11-14(16(21)22)19-9-7-18(2)8-10-19/h3-6,14H,7-11H2,1-2H3,(H,17,20)(H,21,22)/p+1/t14-/m0/s1. The van der Waals surface area contributed by atoms with E-state index in [1.807, 2.05) is 31.2 Å². The van der Waals surface area contributed by atoms with E-state index in [-0.39, 0.29) is 12.3 Å². The lowest BCUT2D eigenvalue weighted by atomic mass is 10.1. The molecule has 120 valence electrons. The van der Waals surface area contributed by atoms with Crippen molar-refractivity contribution >= 4 is 17.6 Å². The highest BCUT2D eigenvalue weighted by molar-refractivity contribution is 5.93. The van der Waals surface area contributed by atoms with Crippen LogP contribution in [0.25, 0.3) is 0 Å². The molecule has 0 bridgehead atoms. The number of carbonyl (C=O) groups excluding carboxylic acids is 2. The summed E-state index contributed by atoms with van der Waals surface area (Å²) in [5.74, 6) is -1.42. The molecule has 2 rings (SSSR count). The lowest BCUT2D eigenvalue weighted by Gasteiger charge is -2.33. The smallest absolute Gasteiger partial charge is 0.230 e. The van der Waals surface area contributed by atoms with E-state index in [9.17, 15) is 14.7 Å². The van der Waals surface area contributed by atoms with Crippen LogP contribution in [0.5, 0.6) is 0 Å². The summed E-state index contributed by atoms with van der Waals surface area (Å²) < 4.78 is 0. The highest BCUT2D eigenvalue weighted by Gasteiger charge is 2.30. The van der Waals surface area contributed by atoms with Crippen LogP contribution in [0.15, 0.2) is 24.3 Å². The maximum absolute atomic E-state index is 12.2. The molecule has 1 aliphatic rings. The van der Waals surface area contributed by atoms with E-state index in [1.54, 1.807) is 0 Å². The van der Waals surface area contributed by atoms with Gasteiger partial charge in [-0.3, -0.25) is 4.79 Å². The van der Waals surface area contributed by atoms with Crippen LogP contribution in [-0.2, 0) is 9.59 Å². The van der Waals surface area contributed by atoms with Crippen molar-refractivity contribution in [2.24, 2.45) is 0 Å². The third kappa shape index (κ3) is 4.29. The summed E-state index contributed by atoms with van der Waals surface area (Å²) in [6.07, 6.45) is -0.0505. The molecule has 1 aromatic rings. The number of hydrogen-bond acceptors (Lipinski definition) is 3. The van der Waals surface area contributed by atoms with E-state index in [0.717, 1.165) is 42.3 Å². The number of piperazine rings is 1. The van der Waals surface area contributed by atoms with Crippen molar-refractivity contribution in [3.8, 4) is 0 Å². The van der Waals surface area contributed by atoms with Gasteiger partial charge in [0.15, 0.2) is 0 Å². The molecular weight excluding hydrogens is 282 g/mol. The Hall–Kier alpha value is -1.92. The fraction of sp³-hybridized carbons (Fsp3) is 0.500. The van der Waals surface area contributed by atoms with Crippen molar-refractivity contribution in [3.05, 3.63) is 29.8 Å². The number of para-hydroxylation sites is 1.